The van der Waals surface area contributed by atoms with Gasteiger partial charge < -0.3 is 9.47 Å². The fraction of sp³-hybridized carbons (Fsp3) is 0.300. The highest BCUT2D eigenvalue weighted by Gasteiger charge is 2.05. The number of aryl methyl sites for hydroxylation is 2. The summed E-state index contributed by atoms with van der Waals surface area (Å²) >= 11 is 3.42. The molecule has 0 atom stereocenters. The van der Waals surface area contributed by atoms with Crippen LogP contribution < -0.4 is 14.9 Å². The topological polar surface area (TPSA) is 59.9 Å². The standard InChI is InChI=1S/C20H23BrN2O3/c1-4-9-25-18-8-7-17(21)11-16(18)12-22-23-20(24)13-26-19-10-14(2)5-6-15(19)3/h5-8,10-12H,4,9,13H2,1-3H3,(H,23,24)/b22-12-. The molecule has 5 nitrogen and oxygen atoms in total. The molecule has 1 N–H and O–H groups in total. The predicted molar refractivity (Wildman–Crippen MR) is 107 cm³/mol. The van der Waals surface area contributed by atoms with Crippen LogP contribution in [-0.2, 0) is 4.79 Å². The minimum Gasteiger partial charge on any atom is -0.493 e. The molecule has 2 aromatic carbocycles. The first-order chi connectivity index (χ1) is 12.5. The van der Waals surface area contributed by atoms with Crippen molar-refractivity contribution in [1.29, 1.82) is 0 Å². The first kappa shape index (κ1) is 20.0. The molecule has 0 aliphatic heterocycles. The number of nitrogens with zero attached hydrogens (tertiary/aromatic N) is 1. The number of amides is 1. The van der Waals surface area contributed by atoms with Crippen molar-refractivity contribution in [2.24, 2.45) is 5.10 Å². The Labute approximate surface area is 162 Å². The lowest BCUT2D eigenvalue weighted by Gasteiger charge is -2.09. The summed E-state index contributed by atoms with van der Waals surface area (Å²) in [5.41, 5.74) is 5.32. The van der Waals surface area contributed by atoms with Gasteiger partial charge in [-0.3, -0.25) is 4.79 Å². The molecule has 0 heterocycles. The highest BCUT2D eigenvalue weighted by atomic mass is 79.9. The fourth-order valence-electron chi connectivity index (χ4n) is 2.18. The number of nitrogens with one attached hydrogen (secondary N) is 1. The van der Waals surface area contributed by atoms with Crippen LogP contribution in [0.2, 0.25) is 0 Å². The summed E-state index contributed by atoms with van der Waals surface area (Å²) in [6.45, 7) is 6.49. The van der Waals surface area contributed by atoms with Crippen molar-refractivity contribution in [3.8, 4) is 11.5 Å². The number of benzene rings is 2. The maximum Gasteiger partial charge on any atom is 0.277 e. The normalized spacial score (nSPS) is 10.8. The molecule has 138 valence electrons. The smallest absolute Gasteiger partial charge is 0.277 e. The molecule has 0 spiro atoms. The molecule has 0 saturated carbocycles. The van der Waals surface area contributed by atoms with E-state index in [9.17, 15) is 4.79 Å². The van der Waals surface area contributed by atoms with Gasteiger partial charge in [-0.05, 0) is 55.7 Å². The Bertz CT molecular complexity index is 791. The van der Waals surface area contributed by atoms with E-state index in [-0.39, 0.29) is 12.5 Å². The molecular weight excluding hydrogens is 396 g/mol. The van der Waals surface area contributed by atoms with Crippen LogP contribution in [0.1, 0.15) is 30.0 Å². The van der Waals surface area contributed by atoms with E-state index in [1.165, 1.54) is 0 Å². The number of halogens is 1. The molecule has 0 aromatic heterocycles. The van der Waals surface area contributed by atoms with Crippen molar-refractivity contribution < 1.29 is 14.3 Å². The maximum atomic E-state index is 11.9. The summed E-state index contributed by atoms with van der Waals surface area (Å²) in [5.74, 6) is 1.10. The lowest BCUT2D eigenvalue weighted by Crippen LogP contribution is -2.24. The average molecular weight is 419 g/mol. The molecule has 2 aromatic rings. The Balaban J connectivity index is 1.92. The second-order valence-electron chi connectivity index (χ2n) is 5.88. The monoisotopic (exact) mass is 418 g/mol. The van der Waals surface area contributed by atoms with E-state index in [0.29, 0.717) is 12.4 Å². The molecule has 0 aliphatic carbocycles. The summed E-state index contributed by atoms with van der Waals surface area (Å²) < 4.78 is 12.1. The Morgan fingerprint density at radius 1 is 1.15 bits per heavy atom. The zero-order valence-electron chi connectivity index (χ0n) is 15.2. The Morgan fingerprint density at radius 3 is 2.73 bits per heavy atom. The summed E-state index contributed by atoms with van der Waals surface area (Å²) in [5, 5.41) is 4.00. The van der Waals surface area contributed by atoms with Crippen molar-refractivity contribution in [3.63, 3.8) is 0 Å². The highest BCUT2D eigenvalue weighted by Crippen LogP contribution is 2.22. The molecule has 0 radical (unpaired) electrons. The summed E-state index contributed by atoms with van der Waals surface area (Å²) in [6, 6.07) is 11.5. The SMILES string of the molecule is CCCOc1ccc(Br)cc1/C=N\NC(=O)COc1cc(C)ccc1C. The molecular formula is C20H23BrN2O3. The minimum absolute atomic E-state index is 0.0979. The van der Waals surface area contributed by atoms with Crippen molar-refractivity contribution in [2.45, 2.75) is 27.2 Å². The van der Waals surface area contributed by atoms with Gasteiger partial charge in [-0.2, -0.15) is 5.10 Å². The van der Waals surface area contributed by atoms with Crippen LogP contribution in [0.25, 0.3) is 0 Å². The van der Waals surface area contributed by atoms with Crippen LogP contribution in [0.5, 0.6) is 11.5 Å². The molecule has 2 rings (SSSR count). The Kier molecular flexibility index (Phi) is 7.66. The van der Waals surface area contributed by atoms with Gasteiger partial charge in [0.1, 0.15) is 11.5 Å². The molecule has 6 heteroatoms. The lowest BCUT2D eigenvalue weighted by atomic mass is 10.1. The second kappa shape index (κ2) is 9.97. The van der Waals surface area contributed by atoms with Gasteiger partial charge in [0.15, 0.2) is 6.61 Å². The number of rotatable bonds is 8. The third-order valence-electron chi connectivity index (χ3n) is 3.53. The van der Waals surface area contributed by atoms with Gasteiger partial charge >= 0.3 is 0 Å². The average Bonchev–Trinajstić information content (AvgIpc) is 2.62. The van der Waals surface area contributed by atoms with E-state index in [1.54, 1.807) is 6.21 Å². The minimum atomic E-state index is -0.326. The van der Waals surface area contributed by atoms with Gasteiger partial charge in [0.05, 0.1) is 12.8 Å². The molecule has 0 aliphatic rings. The number of hydrazone groups is 1. The van der Waals surface area contributed by atoms with Gasteiger partial charge in [-0.1, -0.05) is 35.0 Å². The highest BCUT2D eigenvalue weighted by molar-refractivity contribution is 9.10. The predicted octanol–water partition coefficient (Wildman–Crippen LogP) is 4.38. The van der Waals surface area contributed by atoms with Gasteiger partial charge in [-0.25, -0.2) is 5.43 Å². The Morgan fingerprint density at radius 2 is 1.96 bits per heavy atom. The quantitative estimate of drug-likeness (QED) is 0.510. The first-order valence-electron chi connectivity index (χ1n) is 8.44. The third-order valence-corrected chi connectivity index (χ3v) is 4.02. The third kappa shape index (κ3) is 6.19. The largest absolute Gasteiger partial charge is 0.493 e. The number of carbonyl (C=O) groups excluding carboxylic acids is 1. The summed E-state index contributed by atoms with van der Waals surface area (Å²) in [7, 11) is 0. The van der Waals surface area contributed by atoms with Crippen LogP contribution in [-0.4, -0.2) is 25.3 Å². The molecule has 0 fully saturated rings. The van der Waals surface area contributed by atoms with Crippen LogP contribution in [0.15, 0.2) is 46.0 Å². The van der Waals surface area contributed by atoms with Crippen LogP contribution in [0, 0.1) is 13.8 Å². The zero-order chi connectivity index (χ0) is 18.9. The van der Waals surface area contributed by atoms with E-state index >= 15 is 0 Å². The maximum absolute atomic E-state index is 11.9. The molecule has 0 unspecified atom stereocenters. The summed E-state index contributed by atoms with van der Waals surface area (Å²) in [4.78, 5) is 11.9. The van der Waals surface area contributed by atoms with Crippen molar-refractivity contribution in [3.05, 3.63) is 57.6 Å². The van der Waals surface area contributed by atoms with Gasteiger partial charge in [0.2, 0.25) is 0 Å². The van der Waals surface area contributed by atoms with Crippen molar-refractivity contribution in [1.82, 2.24) is 5.43 Å². The van der Waals surface area contributed by atoms with E-state index in [4.69, 9.17) is 9.47 Å². The van der Waals surface area contributed by atoms with Crippen LogP contribution >= 0.6 is 15.9 Å². The van der Waals surface area contributed by atoms with Crippen molar-refractivity contribution >= 4 is 28.1 Å². The molecule has 0 saturated heterocycles. The van der Waals surface area contributed by atoms with Crippen molar-refractivity contribution in [2.75, 3.05) is 13.2 Å². The van der Waals surface area contributed by atoms with Gasteiger partial charge in [-0.15, -0.1) is 0 Å². The molecule has 0 bridgehead atoms. The van der Waals surface area contributed by atoms with E-state index < -0.39 is 0 Å². The number of hydrogen-bond donors (Lipinski definition) is 1. The second-order valence-corrected chi connectivity index (χ2v) is 6.80. The van der Waals surface area contributed by atoms with Crippen LogP contribution in [0.4, 0.5) is 0 Å². The fourth-order valence-corrected chi connectivity index (χ4v) is 2.55. The summed E-state index contributed by atoms with van der Waals surface area (Å²) in [6.07, 6.45) is 2.48. The Hall–Kier alpha value is -2.34. The number of carbonyl (C=O) groups is 1. The van der Waals surface area contributed by atoms with Gasteiger partial charge in [0, 0.05) is 10.0 Å². The number of ether oxygens (including phenoxy) is 2. The molecule has 1 amide bonds. The lowest BCUT2D eigenvalue weighted by molar-refractivity contribution is -0.123. The first-order valence-corrected chi connectivity index (χ1v) is 9.23. The zero-order valence-corrected chi connectivity index (χ0v) is 16.8. The van der Waals surface area contributed by atoms with E-state index in [2.05, 4.69) is 26.5 Å². The molecule has 26 heavy (non-hydrogen) atoms. The van der Waals surface area contributed by atoms with E-state index in [1.807, 2.05) is 57.2 Å². The van der Waals surface area contributed by atoms with Gasteiger partial charge in [0.25, 0.3) is 5.91 Å². The van der Waals surface area contributed by atoms with Crippen LogP contribution in [0.3, 0.4) is 0 Å². The number of hydrogen-bond acceptors (Lipinski definition) is 4. The van der Waals surface area contributed by atoms with E-state index in [0.717, 1.165) is 33.3 Å².